The smallest absolute Gasteiger partial charge is 0.481 e. The number of nitro groups is 1. The summed E-state index contributed by atoms with van der Waals surface area (Å²) in [5.74, 6) is -1.97. The molecule has 1 aliphatic rings. The van der Waals surface area contributed by atoms with E-state index >= 15 is 0 Å². The SMILES string of the molecule is Cc1cc(C2CN(C(=O)Oc3ccc([N+](=O)[O-])cc3)CC(C)(C(=O)O)C2)ccc1OC(F)(F)F. The third-order valence-electron chi connectivity index (χ3n) is 5.60. The molecular formula is C22H21F3N2O7. The first kappa shape index (κ1) is 24.8. The third-order valence-corrected chi connectivity index (χ3v) is 5.60. The van der Waals surface area contributed by atoms with Gasteiger partial charge in [-0.3, -0.25) is 14.9 Å². The number of rotatable bonds is 5. The van der Waals surface area contributed by atoms with Gasteiger partial charge in [0.2, 0.25) is 0 Å². The Morgan fingerprint density at radius 1 is 1.21 bits per heavy atom. The fourth-order valence-electron chi connectivity index (χ4n) is 3.91. The molecule has 2 unspecified atom stereocenters. The van der Waals surface area contributed by atoms with Gasteiger partial charge in [-0.2, -0.15) is 0 Å². The number of amides is 1. The summed E-state index contributed by atoms with van der Waals surface area (Å²) >= 11 is 0. The molecule has 1 N–H and O–H groups in total. The van der Waals surface area contributed by atoms with E-state index in [1.807, 2.05) is 0 Å². The second-order valence-corrected chi connectivity index (χ2v) is 8.34. The highest BCUT2D eigenvalue weighted by atomic mass is 19.4. The minimum Gasteiger partial charge on any atom is -0.481 e. The number of aryl methyl sites for hydroxylation is 1. The van der Waals surface area contributed by atoms with Crippen LogP contribution in [-0.4, -0.2) is 46.4 Å². The van der Waals surface area contributed by atoms with Crippen molar-refractivity contribution >= 4 is 17.7 Å². The Labute approximate surface area is 191 Å². The number of carbonyl (C=O) groups excluding carboxylic acids is 1. The zero-order valence-corrected chi connectivity index (χ0v) is 18.2. The molecule has 0 radical (unpaired) electrons. The lowest BCUT2D eigenvalue weighted by molar-refractivity contribution is -0.384. The number of hydrogen-bond acceptors (Lipinski definition) is 6. The van der Waals surface area contributed by atoms with E-state index in [4.69, 9.17) is 4.74 Å². The number of carboxylic acid groups (broad SMARTS) is 1. The normalized spacial score (nSPS) is 20.5. The van der Waals surface area contributed by atoms with Gasteiger partial charge in [0.1, 0.15) is 11.5 Å². The number of nitrogens with zero attached hydrogens (tertiary/aromatic N) is 2. The van der Waals surface area contributed by atoms with E-state index in [2.05, 4.69) is 4.74 Å². The lowest BCUT2D eigenvalue weighted by atomic mass is 9.74. The van der Waals surface area contributed by atoms with Crippen molar-refractivity contribution in [1.82, 2.24) is 4.90 Å². The van der Waals surface area contributed by atoms with Crippen molar-refractivity contribution < 1.29 is 42.3 Å². The quantitative estimate of drug-likeness (QED) is 0.476. The van der Waals surface area contributed by atoms with Gasteiger partial charge < -0.3 is 19.5 Å². The lowest BCUT2D eigenvalue weighted by Gasteiger charge is -2.41. The van der Waals surface area contributed by atoms with Crippen LogP contribution in [0.15, 0.2) is 42.5 Å². The number of benzene rings is 2. The van der Waals surface area contributed by atoms with Crippen LogP contribution in [0.2, 0.25) is 0 Å². The lowest BCUT2D eigenvalue weighted by Crippen LogP contribution is -2.51. The fourth-order valence-corrected chi connectivity index (χ4v) is 3.91. The summed E-state index contributed by atoms with van der Waals surface area (Å²) in [6.45, 7) is 2.82. The van der Waals surface area contributed by atoms with Gasteiger partial charge in [-0.05, 0) is 49.6 Å². The predicted octanol–water partition coefficient (Wildman–Crippen LogP) is 4.88. The summed E-state index contributed by atoms with van der Waals surface area (Å²) in [6, 6.07) is 8.86. The molecule has 1 saturated heterocycles. The number of piperidine rings is 1. The van der Waals surface area contributed by atoms with E-state index < -0.39 is 34.7 Å². The molecule has 0 saturated carbocycles. The topological polar surface area (TPSA) is 119 Å². The minimum absolute atomic E-state index is 0.0410. The van der Waals surface area contributed by atoms with Gasteiger partial charge in [-0.1, -0.05) is 12.1 Å². The number of alkyl halides is 3. The van der Waals surface area contributed by atoms with E-state index in [0.29, 0.717) is 5.56 Å². The van der Waals surface area contributed by atoms with Crippen LogP contribution in [0.1, 0.15) is 30.4 Å². The molecule has 1 amide bonds. The number of aliphatic carboxylic acids is 1. The summed E-state index contributed by atoms with van der Waals surface area (Å²) in [6.07, 6.45) is -5.56. The molecule has 12 heteroatoms. The highest BCUT2D eigenvalue weighted by Gasteiger charge is 2.44. The number of hydrogen-bond donors (Lipinski definition) is 1. The second kappa shape index (κ2) is 9.20. The Morgan fingerprint density at radius 2 is 1.85 bits per heavy atom. The number of carbonyl (C=O) groups is 2. The standard InChI is InChI=1S/C22H21F3N2O7/c1-13-9-14(3-8-18(13)34-22(23,24)25)15-10-21(2,19(28)29)12-26(11-15)20(30)33-17-6-4-16(5-7-17)27(31)32/h3-9,15H,10-12H2,1-2H3,(H,28,29). The molecule has 0 aliphatic carbocycles. The number of likely N-dealkylation sites (tertiary alicyclic amines) is 1. The second-order valence-electron chi connectivity index (χ2n) is 8.34. The molecule has 2 aromatic carbocycles. The average molecular weight is 482 g/mol. The van der Waals surface area contributed by atoms with Gasteiger partial charge in [0.05, 0.1) is 10.3 Å². The van der Waals surface area contributed by atoms with Crippen LogP contribution in [0.4, 0.5) is 23.7 Å². The predicted molar refractivity (Wildman–Crippen MR) is 112 cm³/mol. The van der Waals surface area contributed by atoms with Crippen LogP contribution < -0.4 is 9.47 Å². The summed E-state index contributed by atoms with van der Waals surface area (Å²) in [5, 5.41) is 20.5. The molecule has 1 fully saturated rings. The van der Waals surface area contributed by atoms with E-state index in [0.717, 1.165) is 18.2 Å². The van der Waals surface area contributed by atoms with Gasteiger partial charge in [0, 0.05) is 31.1 Å². The van der Waals surface area contributed by atoms with Crippen LogP contribution in [-0.2, 0) is 4.79 Å². The summed E-state index contributed by atoms with van der Waals surface area (Å²) in [7, 11) is 0. The van der Waals surface area contributed by atoms with E-state index in [1.54, 1.807) is 0 Å². The zero-order valence-electron chi connectivity index (χ0n) is 18.2. The van der Waals surface area contributed by atoms with E-state index in [-0.39, 0.29) is 42.3 Å². The highest BCUT2D eigenvalue weighted by Crippen LogP contribution is 2.40. The number of nitro benzene ring substituents is 1. The van der Waals surface area contributed by atoms with Gasteiger partial charge >= 0.3 is 18.4 Å². The largest absolute Gasteiger partial charge is 0.573 e. The summed E-state index contributed by atoms with van der Waals surface area (Å²) < 4.78 is 47.0. The van der Waals surface area contributed by atoms with Crippen molar-refractivity contribution in [2.24, 2.45) is 5.41 Å². The minimum atomic E-state index is -4.85. The maximum absolute atomic E-state index is 12.8. The van der Waals surface area contributed by atoms with Crippen LogP contribution in [0, 0.1) is 22.5 Å². The molecule has 0 spiro atoms. The van der Waals surface area contributed by atoms with Crippen molar-refractivity contribution in [1.29, 1.82) is 0 Å². The van der Waals surface area contributed by atoms with Crippen molar-refractivity contribution in [3.8, 4) is 11.5 Å². The fraction of sp³-hybridized carbons (Fsp3) is 0.364. The maximum Gasteiger partial charge on any atom is 0.573 e. The first-order valence-electron chi connectivity index (χ1n) is 10.1. The molecule has 1 aliphatic heterocycles. The molecule has 34 heavy (non-hydrogen) atoms. The Morgan fingerprint density at radius 3 is 2.38 bits per heavy atom. The first-order valence-corrected chi connectivity index (χ1v) is 10.1. The van der Waals surface area contributed by atoms with E-state index in [1.165, 1.54) is 43.0 Å². The molecule has 9 nitrogen and oxygen atoms in total. The molecule has 1 heterocycles. The first-order chi connectivity index (χ1) is 15.8. The zero-order chi connectivity index (χ0) is 25.3. The third kappa shape index (κ3) is 5.74. The average Bonchev–Trinajstić information content (AvgIpc) is 2.74. The highest BCUT2D eigenvalue weighted by molar-refractivity contribution is 5.77. The Bertz CT molecular complexity index is 1100. The summed E-state index contributed by atoms with van der Waals surface area (Å²) in [4.78, 5) is 36.1. The molecule has 0 aromatic heterocycles. The maximum atomic E-state index is 12.8. The summed E-state index contributed by atoms with van der Waals surface area (Å²) in [5.41, 5.74) is -0.777. The van der Waals surface area contributed by atoms with Crippen LogP contribution >= 0.6 is 0 Å². The number of non-ortho nitro benzene ring substituents is 1. The number of carboxylic acids is 1. The van der Waals surface area contributed by atoms with Gasteiger partial charge in [0.15, 0.2) is 0 Å². The van der Waals surface area contributed by atoms with Crippen molar-refractivity contribution in [2.45, 2.75) is 32.5 Å². The van der Waals surface area contributed by atoms with Gasteiger partial charge in [-0.15, -0.1) is 13.2 Å². The Hall–Kier alpha value is -3.83. The van der Waals surface area contributed by atoms with Crippen LogP contribution in [0.5, 0.6) is 11.5 Å². The van der Waals surface area contributed by atoms with Crippen LogP contribution in [0.25, 0.3) is 0 Å². The Kier molecular flexibility index (Phi) is 6.71. The van der Waals surface area contributed by atoms with Crippen molar-refractivity contribution in [3.05, 3.63) is 63.7 Å². The monoisotopic (exact) mass is 482 g/mol. The number of halogens is 3. The molecule has 2 atom stereocenters. The molecule has 2 aromatic rings. The van der Waals surface area contributed by atoms with Crippen molar-refractivity contribution in [3.63, 3.8) is 0 Å². The molecule has 0 bridgehead atoms. The van der Waals surface area contributed by atoms with Gasteiger partial charge in [0.25, 0.3) is 5.69 Å². The Balaban J connectivity index is 1.83. The number of ether oxygens (including phenoxy) is 2. The van der Waals surface area contributed by atoms with Gasteiger partial charge in [-0.25, -0.2) is 4.79 Å². The molecule has 182 valence electrons. The van der Waals surface area contributed by atoms with Crippen LogP contribution in [0.3, 0.4) is 0 Å². The molecular weight excluding hydrogens is 461 g/mol. The van der Waals surface area contributed by atoms with Crippen molar-refractivity contribution in [2.75, 3.05) is 13.1 Å². The van der Waals surface area contributed by atoms with E-state index in [9.17, 15) is 38.0 Å². The molecule has 3 rings (SSSR count).